The first kappa shape index (κ1) is 13.9. The van der Waals surface area contributed by atoms with Crippen LogP contribution in [-0.4, -0.2) is 35.2 Å². The van der Waals surface area contributed by atoms with Crippen LogP contribution in [0.5, 0.6) is 0 Å². The Hall–Kier alpha value is -0.0800. The van der Waals surface area contributed by atoms with Crippen molar-refractivity contribution in [2.75, 3.05) is 13.1 Å². The normalized spacial score (nSPS) is 40.4. The van der Waals surface area contributed by atoms with Gasteiger partial charge in [0.25, 0.3) is 0 Å². The van der Waals surface area contributed by atoms with Crippen LogP contribution in [-0.2, 0) is 0 Å². The molecule has 19 heavy (non-hydrogen) atoms. The Morgan fingerprint density at radius 2 is 1.79 bits per heavy atom. The third kappa shape index (κ3) is 2.85. The Balaban J connectivity index is 1.77. The molecule has 0 bridgehead atoms. The number of hydrogen-bond donors (Lipinski definition) is 1. The summed E-state index contributed by atoms with van der Waals surface area (Å²) in [6, 6.07) is 0.680. The summed E-state index contributed by atoms with van der Waals surface area (Å²) in [4.78, 5) is 2.78. The predicted octanol–water partition coefficient (Wildman–Crippen LogP) is 3.58. The molecule has 1 heterocycles. The molecule has 2 aliphatic carbocycles. The van der Waals surface area contributed by atoms with Crippen molar-refractivity contribution in [3.8, 4) is 0 Å². The monoisotopic (exact) mass is 265 g/mol. The topological polar surface area (TPSA) is 23.5 Å². The van der Waals surface area contributed by atoms with Gasteiger partial charge in [0.2, 0.25) is 0 Å². The summed E-state index contributed by atoms with van der Waals surface area (Å²) >= 11 is 0. The van der Waals surface area contributed by atoms with Crippen LogP contribution in [0, 0.1) is 11.3 Å². The Morgan fingerprint density at radius 1 is 1.00 bits per heavy atom. The second-order valence-electron chi connectivity index (χ2n) is 7.61. The number of hydrogen-bond acceptors (Lipinski definition) is 2. The van der Waals surface area contributed by atoms with Gasteiger partial charge in [-0.05, 0) is 62.8 Å². The molecule has 110 valence electrons. The maximum Gasteiger partial charge on any atom is 0.0555 e. The summed E-state index contributed by atoms with van der Waals surface area (Å²) in [5, 5.41) is 10.2. The molecule has 0 aromatic heterocycles. The molecule has 2 nitrogen and oxygen atoms in total. The first-order valence-electron chi connectivity index (χ1n) is 8.62. The number of rotatable bonds is 1. The van der Waals surface area contributed by atoms with E-state index in [4.69, 9.17) is 0 Å². The van der Waals surface area contributed by atoms with Crippen molar-refractivity contribution in [3.63, 3.8) is 0 Å². The third-order valence-electron chi connectivity index (χ3n) is 6.16. The van der Waals surface area contributed by atoms with Gasteiger partial charge in [-0.15, -0.1) is 0 Å². The summed E-state index contributed by atoms with van der Waals surface area (Å²) in [6.45, 7) is 4.97. The molecule has 1 aliphatic heterocycles. The highest BCUT2D eigenvalue weighted by molar-refractivity contribution is 5.00. The van der Waals surface area contributed by atoms with Crippen LogP contribution in [0.2, 0.25) is 0 Å². The van der Waals surface area contributed by atoms with Gasteiger partial charge >= 0.3 is 0 Å². The molecule has 0 aromatic rings. The molecule has 0 amide bonds. The molecular weight excluding hydrogens is 234 g/mol. The molecule has 3 unspecified atom stereocenters. The minimum atomic E-state index is -0.0326. The minimum Gasteiger partial charge on any atom is -0.393 e. The van der Waals surface area contributed by atoms with Crippen molar-refractivity contribution >= 4 is 0 Å². The van der Waals surface area contributed by atoms with Crippen molar-refractivity contribution < 1.29 is 5.11 Å². The molecule has 3 atom stereocenters. The smallest absolute Gasteiger partial charge is 0.0555 e. The summed E-state index contributed by atoms with van der Waals surface area (Å²) < 4.78 is 0. The van der Waals surface area contributed by atoms with Crippen molar-refractivity contribution in [1.82, 2.24) is 4.90 Å². The van der Waals surface area contributed by atoms with E-state index in [1.54, 1.807) is 0 Å². The van der Waals surface area contributed by atoms with Gasteiger partial charge in [0.05, 0.1) is 6.10 Å². The summed E-state index contributed by atoms with van der Waals surface area (Å²) in [5.41, 5.74) is 0.573. The van der Waals surface area contributed by atoms with Crippen LogP contribution < -0.4 is 0 Å². The van der Waals surface area contributed by atoms with Crippen LogP contribution in [0.3, 0.4) is 0 Å². The molecule has 3 fully saturated rings. The largest absolute Gasteiger partial charge is 0.393 e. The molecule has 3 aliphatic rings. The van der Waals surface area contributed by atoms with Crippen molar-refractivity contribution in [3.05, 3.63) is 0 Å². The SMILES string of the molecule is CC1CCCCN(C2CC(O)CCC23CCCC3)C1. The van der Waals surface area contributed by atoms with Crippen molar-refractivity contribution in [1.29, 1.82) is 0 Å². The fourth-order valence-corrected chi connectivity index (χ4v) is 5.12. The second kappa shape index (κ2) is 5.73. The van der Waals surface area contributed by atoms with Crippen LogP contribution >= 0.6 is 0 Å². The van der Waals surface area contributed by atoms with Crippen molar-refractivity contribution in [2.45, 2.75) is 83.3 Å². The van der Waals surface area contributed by atoms with E-state index < -0.39 is 0 Å². The lowest BCUT2D eigenvalue weighted by molar-refractivity contribution is -0.0287. The number of aliphatic hydroxyl groups is 1. The highest BCUT2D eigenvalue weighted by atomic mass is 16.3. The third-order valence-corrected chi connectivity index (χ3v) is 6.16. The Labute approximate surface area is 118 Å². The van der Waals surface area contributed by atoms with E-state index in [1.165, 1.54) is 64.5 Å². The zero-order chi connectivity index (χ0) is 13.3. The molecule has 1 N–H and O–H groups in total. The van der Waals surface area contributed by atoms with Gasteiger partial charge in [0, 0.05) is 12.6 Å². The maximum atomic E-state index is 10.2. The van der Waals surface area contributed by atoms with E-state index in [-0.39, 0.29) is 6.10 Å². The maximum absolute atomic E-state index is 10.2. The Morgan fingerprint density at radius 3 is 2.58 bits per heavy atom. The molecule has 1 saturated heterocycles. The Bertz CT molecular complexity index is 298. The average molecular weight is 265 g/mol. The quantitative estimate of drug-likeness (QED) is 0.783. The molecule has 2 heteroatoms. The van der Waals surface area contributed by atoms with E-state index in [0.29, 0.717) is 11.5 Å². The number of nitrogens with zero attached hydrogens (tertiary/aromatic N) is 1. The number of aliphatic hydroxyl groups excluding tert-OH is 1. The average Bonchev–Trinajstić information content (AvgIpc) is 2.75. The standard InChI is InChI=1S/C17H31NO/c1-14-6-2-5-11-18(13-14)16-12-15(19)7-10-17(16)8-3-4-9-17/h14-16,19H,2-13H2,1H3. The first-order valence-corrected chi connectivity index (χ1v) is 8.62. The zero-order valence-corrected chi connectivity index (χ0v) is 12.6. The molecule has 0 radical (unpaired) electrons. The lowest BCUT2D eigenvalue weighted by atomic mass is 9.67. The van der Waals surface area contributed by atoms with Crippen molar-refractivity contribution in [2.24, 2.45) is 11.3 Å². The molecular formula is C17H31NO. The molecule has 3 rings (SSSR count). The summed E-state index contributed by atoms with van der Waals surface area (Å²) in [5.74, 6) is 0.847. The van der Waals surface area contributed by atoms with Gasteiger partial charge in [0.1, 0.15) is 0 Å². The first-order chi connectivity index (χ1) is 9.20. The molecule has 0 aromatic carbocycles. The van der Waals surface area contributed by atoms with Gasteiger partial charge < -0.3 is 5.11 Å². The second-order valence-corrected chi connectivity index (χ2v) is 7.61. The van der Waals surface area contributed by atoms with E-state index in [0.717, 1.165) is 18.8 Å². The lowest BCUT2D eigenvalue weighted by Crippen LogP contribution is -2.52. The fourth-order valence-electron chi connectivity index (χ4n) is 5.12. The van der Waals surface area contributed by atoms with E-state index in [2.05, 4.69) is 11.8 Å². The molecule has 2 saturated carbocycles. The van der Waals surface area contributed by atoms with Crippen LogP contribution in [0.4, 0.5) is 0 Å². The van der Waals surface area contributed by atoms with Gasteiger partial charge in [-0.2, -0.15) is 0 Å². The van der Waals surface area contributed by atoms with Gasteiger partial charge in [0.15, 0.2) is 0 Å². The van der Waals surface area contributed by atoms with Gasteiger partial charge in [-0.3, -0.25) is 4.90 Å². The summed E-state index contributed by atoms with van der Waals surface area (Å²) in [6.07, 6.45) is 13.2. The fraction of sp³-hybridized carbons (Fsp3) is 1.00. The van der Waals surface area contributed by atoms with Crippen LogP contribution in [0.25, 0.3) is 0 Å². The van der Waals surface area contributed by atoms with Crippen LogP contribution in [0.15, 0.2) is 0 Å². The van der Waals surface area contributed by atoms with E-state index >= 15 is 0 Å². The van der Waals surface area contributed by atoms with E-state index in [9.17, 15) is 5.11 Å². The van der Waals surface area contributed by atoms with Gasteiger partial charge in [-0.25, -0.2) is 0 Å². The highest BCUT2D eigenvalue weighted by Gasteiger charge is 2.47. The zero-order valence-electron chi connectivity index (χ0n) is 12.6. The number of likely N-dealkylation sites (tertiary alicyclic amines) is 1. The molecule has 1 spiro atoms. The minimum absolute atomic E-state index is 0.0326. The lowest BCUT2D eigenvalue weighted by Gasteiger charge is -2.49. The predicted molar refractivity (Wildman–Crippen MR) is 79.1 cm³/mol. The summed E-state index contributed by atoms with van der Waals surface area (Å²) in [7, 11) is 0. The van der Waals surface area contributed by atoms with Crippen LogP contribution in [0.1, 0.15) is 71.1 Å². The van der Waals surface area contributed by atoms with Gasteiger partial charge in [-0.1, -0.05) is 26.2 Å². The Kier molecular flexibility index (Phi) is 4.19. The highest BCUT2D eigenvalue weighted by Crippen LogP contribution is 2.51. The van der Waals surface area contributed by atoms with E-state index in [1.807, 2.05) is 0 Å².